The van der Waals surface area contributed by atoms with Gasteiger partial charge in [0, 0.05) is 11.7 Å². The Labute approximate surface area is 124 Å². The van der Waals surface area contributed by atoms with Crippen molar-refractivity contribution in [2.24, 2.45) is 5.92 Å². The van der Waals surface area contributed by atoms with Crippen molar-refractivity contribution in [3.63, 3.8) is 0 Å². The second kappa shape index (κ2) is 7.67. The Morgan fingerprint density at radius 1 is 1.10 bits per heavy atom. The predicted molar refractivity (Wildman–Crippen MR) is 81.1 cm³/mol. The molecule has 2 atom stereocenters. The molecule has 5 nitrogen and oxygen atoms in total. The van der Waals surface area contributed by atoms with Crippen LogP contribution in [0.15, 0.2) is 30.3 Å². The number of carbonyl (C=O) groups excluding carboxylic acids is 1. The Morgan fingerprint density at radius 2 is 1.81 bits per heavy atom. The zero-order valence-electron chi connectivity index (χ0n) is 12.0. The molecule has 0 heterocycles. The third-order valence-corrected chi connectivity index (χ3v) is 3.91. The van der Waals surface area contributed by atoms with Crippen LogP contribution in [0.4, 0.5) is 5.69 Å². The van der Waals surface area contributed by atoms with Crippen LogP contribution in [0.1, 0.15) is 32.1 Å². The number of carboxylic acids is 1. The van der Waals surface area contributed by atoms with Gasteiger partial charge in [-0.25, -0.2) is 0 Å². The van der Waals surface area contributed by atoms with Crippen LogP contribution in [0.25, 0.3) is 0 Å². The summed E-state index contributed by atoms with van der Waals surface area (Å²) in [5, 5.41) is 15.2. The van der Waals surface area contributed by atoms with Gasteiger partial charge < -0.3 is 15.7 Å². The maximum Gasteiger partial charge on any atom is 0.308 e. The zero-order valence-corrected chi connectivity index (χ0v) is 12.0. The number of benzene rings is 1. The van der Waals surface area contributed by atoms with Crippen molar-refractivity contribution in [3.8, 4) is 0 Å². The lowest BCUT2D eigenvalue weighted by Crippen LogP contribution is -2.44. The van der Waals surface area contributed by atoms with Crippen LogP contribution in [0, 0.1) is 5.92 Å². The van der Waals surface area contributed by atoms with E-state index in [2.05, 4.69) is 10.6 Å². The molecule has 1 aliphatic carbocycles. The second-order valence-electron chi connectivity index (χ2n) is 5.48. The molecule has 1 aliphatic rings. The second-order valence-corrected chi connectivity index (χ2v) is 5.48. The molecule has 1 amide bonds. The van der Waals surface area contributed by atoms with Crippen molar-refractivity contribution in [3.05, 3.63) is 30.3 Å². The lowest BCUT2D eigenvalue weighted by molar-refractivity contribution is -0.143. The Kier molecular flexibility index (Phi) is 5.60. The van der Waals surface area contributed by atoms with Gasteiger partial charge in [0.25, 0.3) is 0 Å². The van der Waals surface area contributed by atoms with Gasteiger partial charge in [-0.05, 0) is 25.0 Å². The van der Waals surface area contributed by atoms with Gasteiger partial charge in [-0.15, -0.1) is 0 Å². The monoisotopic (exact) mass is 290 g/mol. The number of rotatable bonds is 5. The van der Waals surface area contributed by atoms with E-state index >= 15 is 0 Å². The molecular weight excluding hydrogens is 268 g/mol. The molecular formula is C16H22N2O3. The van der Waals surface area contributed by atoms with E-state index in [4.69, 9.17) is 0 Å². The number of hydrogen-bond acceptors (Lipinski definition) is 3. The first kappa shape index (κ1) is 15.4. The van der Waals surface area contributed by atoms with Gasteiger partial charge in [-0.1, -0.05) is 37.5 Å². The Bertz CT molecular complexity index is 476. The van der Waals surface area contributed by atoms with Gasteiger partial charge in [0.2, 0.25) is 5.91 Å². The number of nitrogens with one attached hydrogen (secondary N) is 2. The molecule has 2 unspecified atom stereocenters. The number of carboxylic acid groups (broad SMARTS) is 1. The standard InChI is InChI=1S/C16H22N2O3/c19-15(11-17-12-7-3-1-4-8-12)18-14-10-6-2-5-9-13(14)16(20)21/h1,3-4,7-8,13-14,17H,2,5-6,9-11H2,(H,18,19)(H,20,21). The lowest BCUT2D eigenvalue weighted by Gasteiger charge is -2.23. The summed E-state index contributed by atoms with van der Waals surface area (Å²) < 4.78 is 0. The van der Waals surface area contributed by atoms with E-state index in [9.17, 15) is 14.7 Å². The SMILES string of the molecule is O=C(CNc1ccccc1)NC1CCCCCC1C(=O)O. The fourth-order valence-electron chi connectivity index (χ4n) is 2.77. The topological polar surface area (TPSA) is 78.4 Å². The molecule has 5 heteroatoms. The molecule has 0 spiro atoms. The first-order valence-corrected chi connectivity index (χ1v) is 7.48. The molecule has 1 saturated carbocycles. The lowest BCUT2D eigenvalue weighted by atomic mass is 9.95. The van der Waals surface area contributed by atoms with E-state index in [-0.39, 0.29) is 18.5 Å². The number of para-hydroxylation sites is 1. The number of anilines is 1. The van der Waals surface area contributed by atoms with Crippen LogP contribution < -0.4 is 10.6 Å². The molecule has 114 valence electrons. The first-order chi connectivity index (χ1) is 10.2. The highest BCUT2D eigenvalue weighted by Gasteiger charge is 2.30. The highest BCUT2D eigenvalue weighted by molar-refractivity contribution is 5.82. The summed E-state index contributed by atoms with van der Waals surface area (Å²) >= 11 is 0. The summed E-state index contributed by atoms with van der Waals surface area (Å²) in [6, 6.07) is 9.22. The van der Waals surface area contributed by atoms with Crippen LogP contribution in [0.2, 0.25) is 0 Å². The Hall–Kier alpha value is -2.04. The maximum atomic E-state index is 12.0. The molecule has 1 aromatic rings. The molecule has 1 aromatic carbocycles. The number of amides is 1. The molecule has 0 saturated heterocycles. The zero-order chi connectivity index (χ0) is 15.1. The van der Waals surface area contributed by atoms with Crippen molar-refractivity contribution in [1.29, 1.82) is 0 Å². The predicted octanol–water partition coefficient (Wildman–Crippen LogP) is 2.25. The number of hydrogen-bond donors (Lipinski definition) is 3. The van der Waals surface area contributed by atoms with Gasteiger partial charge in [0.1, 0.15) is 0 Å². The average Bonchev–Trinajstić information content (AvgIpc) is 2.72. The van der Waals surface area contributed by atoms with Crippen LogP contribution >= 0.6 is 0 Å². The molecule has 0 aromatic heterocycles. The first-order valence-electron chi connectivity index (χ1n) is 7.48. The van der Waals surface area contributed by atoms with Gasteiger partial charge in [-0.2, -0.15) is 0 Å². The smallest absolute Gasteiger partial charge is 0.308 e. The van der Waals surface area contributed by atoms with E-state index in [0.29, 0.717) is 6.42 Å². The maximum absolute atomic E-state index is 12.0. The molecule has 0 aliphatic heterocycles. The van der Waals surface area contributed by atoms with Crippen LogP contribution in [0.5, 0.6) is 0 Å². The number of aliphatic carboxylic acids is 1. The summed E-state index contributed by atoms with van der Waals surface area (Å²) in [4.78, 5) is 23.3. The average molecular weight is 290 g/mol. The highest BCUT2D eigenvalue weighted by atomic mass is 16.4. The van der Waals surface area contributed by atoms with Crippen LogP contribution in [0.3, 0.4) is 0 Å². The third-order valence-electron chi connectivity index (χ3n) is 3.91. The van der Waals surface area contributed by atoms with Crippen molar-refractivity contribution >= 4 is 17.6 Å². The molecule has 3 N–H and O–H groups in total. The normalized spacial score (nSPS) is 22.1. The molecule has 21 heavy (non-hydrogen) atoms. The minimum atomic E-state index is -0.807. The molecule has 0 bridgehead atoms. The van der Waals surface area contributed by atoms with Crippen molar-refractivity contribution in [1.82, 2.24) is 5.32 Å². The fraction of sp³-hybridized carbons (Fsp3) is 0.500. The molecule has 2 rings (SSSR count). The summed E-state index contributed by atoms with van der Waals surface area (Å²) in [5.74, 6) is -1.43. The number of carbonyl (C=O) groups is 2. The van der Waals surface area contributed by atoms with E-state index in [1.54, 1.807) is 0 Å². The third kappa shape index (κ3) is 4.77. The quantitative estimate of drug-likeness (QED) is 0.727. The van der Waals surface area contributed by atoms with E-state index in [1.165, 1.54) is 0 Å². The van der Waals surface area contributed by atoms with Crippen molar-refractivity contribution in [2.75, 3.05) is 11.9 Å². The highest BCUT2D eigenvalue weighted by Crippen LogP contribution is 2.23. The van der Waals surface area contributed by atoms with Crippen molar-refractivity contribution in [2.45, 2.75) is 38.1 Å². The summed E-state index contributed by atoms with van der Waals surface area (Å²) in [7, 11) is 0. The van der Waals surface area contributed by atoms with Gasteiger partial charge in [0.15, 0.2) is 0 Å². The van der Waals surface area contributed by atoms with Crippen molar-refractivity contribution < 1.29 is 14.7 Å². The van der Waals surface area contributed by atoms with Gasteiger partial charge in [0.05, 0.1) is 12.5 Å². The fourth-order valence-corrected chi connectivity index (χ4v) is 2.77. The van der Waals surface area contributed by atoms with E-state index in [0.717, 1.165) is 31.4 Å². The molecule has 1 fully saturated rings. The minimum absolute atomic E-state index is 0.156. The van der Waals surface area contributed by atoms with Gasteiger partial charge >= 0.3 is 5.97 Å². The van der Waals surface area contributed by atoms with Crippen LogP contribution in [-0.2, 0) is 9.59 Å². The Morgan fingerprint density at radius 3 is 2.52 bits per heavy atom. The Balaban J connectivity index is 1.86. The minimum Gasteiger partial charge on any atom is -0.481 e. The summed E-state index contributed by atoms with van der Waals surface area (Å²) in [5.41, 5.74) is 0.878. The molecule has 0 radical (unpaired) electrons. The van der Waals surface area contributed by atoms with E-state index < -0.39 is 11.9 Å². The van der Waals surface area contributed by atoms with E-state index in [1.807, 2.05) is 30.3 Å². The largest absolute Gasteiger partial charge is 0.481 e. The summed E-state index contributed by atoms with van der Waals surface area (Å²) in [6.07, 6.45) is 4.32. The summed E-state index contributed by atoms with van der Waals surface area (Å²) in [6.45, 7) is 0.160. The van der Waals surface area contributed by atoms with Crippen LogP contribution in [-0.4, -0.2) is 29.6 Å². The van der Waals surface area contributed by atoms with Gasteiger partial charge in [-0.3, -0.25) is 9.59 Å².